The van der Waals surface area contributed by atoms with E-state index in [-0.39, 0.29) is 5.91 Å². The summed E-state index contributed by atoms with van der Waals surface area (Å²) in [4.78, 5) is 20.1. The molecule has 0 radical (unpaired) electrons. The average molecular weight is 359 g/mol. The van der Waals surface area contributed by atoms with Crippen LogP contribution in [0, 0.1) is 6.92 Å². The summed E-state index contributed by atoms with van der Waals surface area (Å²) in [7, 11) is 0. The van der Waals surface area contributed by atoms with Crippen LogP contribution in [0.2, 0.25) is 0 Å². The number of thiazole rings is 1. The number of morpholine rings is 1. The van der Waals surface area contributed by atoms with Gasteiger partial charge < -0.3 is 15.0 Å². The summed E-state index contributed by atoms with van der Waals surface area (Å²) in [5, 5.41) is 5.94. The molecule has 0 bridgehead atoms. The zero-order valence-electron chi connectivity index (χ0n) is 13.2. The molecule has 1 aliphatic heterocycles. The Hall–Kier alpha value is -1.96. The second-order valence-electron chi connectivity index (χ2n) is 5.67. The normalized spacial score (nSPS) is 15.0. The highest BCUT2D eigenvalue weighted by molar-refractivity contribution is 7.22. The predicted octanol–water partition coefficient (Wildman–Crippen LogP) is 3.76. The molecule has 4 rings (SSSR count). The maximum absolute atomic E-state index is 12.3. The topological polar surface area (TPSA) is 54.5 Å². The second-order valence-corrected chi connectivity index (χ2v) is 7.59. The van der Waals surface area contributed by atoms with E-state index in [1.807, 2.05) is 36.6 Å². The highest BCUT2D eigenvalue weighted by atomic mass is 32.1. The van der Waals surface area contributed by atoms with Crippen molar-refractivity contribution < 1.29 is 9.53 Å². The van der Waals surface area contributed by atoms with Gasteiger partial charge in [0.2, 0.25) is 0 Å². The molecule has 1 aliphatic rings. The van der Waals surface area contributed by atoms with Crippen molar-refractivity contribution in [1.29, 1.82) is 0 Å². The first kappa shape index (κ1) is 15.6. The summed E-state index contributed by atoms with van der Waals surface area (Å²) < 4.78 is 6.47. The Kier molecular flexibility index (Phi) is 4.22. The molecule has 3 heterocycles. The van der Waals surface area contributed by atoms with Crippen molar-refractivity contribution in [2.45, 2.75) is 6.92 Å². The molecule has 5 nitrogen and oxygen atoms in total. The van der Waals surface area contributed by atoms with Gasteiger partial charge >= 0.3 is 0 Å². The minimum absolute atomic E-state index is 0.0558. The van der Waals surface area contributed by atoms with E-state index < -0.39 is 0 Å². The number of nitrogens with zero attached hydrogens (tertiary/aromatic N) is 2. The molecule has 0 spiro atoms. The van der Waals surface area contributed by atoms with E-state index in [0.717, 1.165) is 57.8 Å². The van der Waals surface area contributed by atoms with E-state index in [1.54, 1.807) is 11.3 Å². The number of amides is 1. The molecule has 1 N–H and O–H groups in total. The molecule has 124 valence electrons. The molecule has 1 saturated heterocycles. The first-order valence-corrected chi connectivity index (χ1v) is 9.49. The van der Waals surface area contributed by atoms with Crippen molar-refractivity contribution in [3.63, 3.8) is 0 Å². The van der Waals surface area contributed by atoms with Crippen LogP contribution < -0.4 is 10.2 Å². The van der Waals surface area contributed by atoms with Crippen LogP contribution >= 0.6 is 22.7 Å². The minimum atomic E-state index is -0.0558. The van der Waals surface area contributed by atoms with E-state index in [9.17, 15) is 4.79 Å². The van der Waals surface area contributed by atoms with Gasteiger partial charge in [-0.15, -0.1) is 11.3 Å². The standard InChI is InChI=1S/C17H17N3O2S2/c1-11-4-9-23-15(11)16(21)18-12-2-3-13-14(10-12)24-17(19-13)20-5-7-22-8-6-20/h2-4,9-10H,5-8H2,1H3,(H,18,21). The van der Waals surface area contributed by atoms with Crippen LogP contribution in [0.25, 0.3) is 10.2 Å². The SMILES string of the molecule is Cc1ccsc1C(=O)Nc1ccc2nc(N3CCOCC3)sc2c1. The smallest absolute Gasteiger partial charge is 0.265 e. The Labute approximate surface area is 147 Å². The third-order valence-electron chi connectivity index (χ3n) is 3.98. The van der Waals surface area contributed by atoms with E-state index in [1.165, 1.54) is 11.3 Å². The Morgan fingerprint density at radius 1 is 1.29 bits per heavy atom. The Balaban J connectivity index is 1.56. The molecule has 1 amide bonds. The number of aryl methyl sites for hydroxylation is 1. The molecule has 0 saturated carbocycles. The van der Waals surface area contributed by atoms with E-state index in [4.69, 9.17) is 9.72 Å². The highest BCUT2D eigenvalue weighted by Gasteiger charge is 2.16. The summed E-state index contributed by atoms with van der Waals surface area (Å²) in [6, 6.07) is 7.83. The fourth-order valence-corrected chi connectivity index (χ4v) is 4.55. The minimum Gasteiger partial charge on any atom is -0.378 e. The quantitative estimate of drug-likeness (QED) is 0.774. The van der Waals surface area contributed by atoms with Gasteiger partial charge in [-0.3, -0.25) is 4.79 Å². The summed E-state index contributed by atoms with van der Waals surface area (Å²) in [5.74, 6) is -0.0558. The summed E-state index contributed by atoms with van der Waals surface area (Å²) in [6.07, 6.45) is 0. The van der Waals surface area contributed by atoms with Gasteiger partial charge in [0.05, 0.1) is 28.3 Å². The van der Waals surface area contributed by atoms with Gasteiger partial charge in [0.1, 0.15) is 0 Å². The number of ether oxygens (including phenoxy) is 1. The molecular weight excluding hydrogens is 342 g/mol. The van der Waals surface area contributed by atoms with Gasteiger partial charge in [0.25, 0.3) is 5.91 Å². The number of carbonyl (C=O) groups is 1. The molecule has 0 aliphatic carbocycles. The van der Waals surface area contributed by atoms with Crippen LogP contribution in [-0.2, 0) is 4.74 Å². The molecular formula is C17H17N3O2S2. The number of rotatable bonds is 3. The van der Waals surface area contributed by atoms with Gasteiger partial charge in [0, 0.05) is 18.8 Å². The number of aromatic nitrogens is 1. The second kappa shape index (κ2) is 6.51. The van der Waals surface area contributed by atoms with Gasteiger partial charge in [0.15, 0.2) is 5.13 Å². The Morgan fingerprint density at radius 3 is 2.88 bits per heavy atom. The number of hydrogen-bond acceptors (Lipinski definition) is 6. The zero-order valence-corrected chi connectivity index (χ0v) is 14.9. The number of fused-ring (bicyclic) bond motifs is 1. The Bertz CT molecular complexity index is 881. The van der Waals surface area contributed by atoms with Crippen LogP contribution in [0.3, 0.4) is 0 Å². The lowest BCUT2D eigenvalue weighted by molar-refractivity contribution is 0.103. The molecule has 3 aromatic rings. The number of thiophene rings is 1. The maximum Gasteiger partial charge on any atom is 0.265 e. The molecule has 1 fully saturated rings. The van der Waals surface area contributed by atoms with Crippen molar-refractivity contribution >= 4 is 49.6 Å². The van der Waals surface area contributed by atoms with E-state index in [2.05, 4.69) is 10.2 Å². The van der Waals surface area contributed by atoms with Crippen molar-refractivity contribution in [2.24, 2.45) is 0 Å². The summed E-state index contributed by atoms with van der Waals surface area (Å²) in [6.45, 7) is 5.20. The number of nitrogens with one attached hydrogen (secondary N) is 1. The molecule has 0 unspecified atom stereocenters. The lowest BCUT2D eigenvalue weighted by Gasteiger charge is -2.25. The number of benzene rings is 1. The van der Waals surface area contributed by atoms with Crippen LogP contribution in [0.5, 0.6) is 0 Å². The van der Waals surface area contributed by atoms with Gasteiger partial charge in [-0.1, -0.05) is 11.3 Å². The lowest BCUT2D eigenvalue weighted by atomic mass is 10.2. The van der Waals surface area contributed by atoms with Crippen LogP contribution in [-0.4, -0.2) is 37.2 Å². The summed E-state index contributed by atoms with van der Waals surface area (Å²) >= 11 is 3.12. The largest absolute Gasteiger partial charge is 0.378 e. The fraction of sp³-hybridized carbons (Fsp3) is 0.294. The monoisotopic (exact) mass is 359 g/mol. The Morgan fingerprint density at radius 2 is 2.12 bits per heavy atom. The maximum atomic E-state index is 12.3. The molecule has 24 heavy (non-hydrogen) atoms. The molecule has 2 aromatic heterocycles. The van der Waals surface area contributed by atoms with Crippen molar-refractivity contribution in [1.82, 2.24) is 4.98 Å². The first-order chi connectivity index (χ1) is 11.7. The highest BCUT2D eigenvalue weighted by Crippen LogP contribution is 2.31. The average Bonchev–Trinajstić information content (AvgIpc) is 3.21. The van der Waals surface area contributed by atoms with Gasteiger partial charge in [-0.05, 0) is 42.1 Å². The zero-order chi connectivity index (χ0) is 16.5. The van der Waals surface area contributed by atoms with Gasteiger partial charge in [-0.25, -0.2) is 4.98 Å². The van der Waals surface area contributed by atoms with Crippen LogP contribution in [0.1, 0.15) is 15.2 Å². The van der Waals surface area contributed by atoms with Crippen molar-refractivity contribution in [3.05, 3.63) is 40.1 Å². The fourth-order valence-electron chi connectivity index (χ4n) is 2.67. The van der Waals surface area contributed by atoms with E-state index >= 15 is 0 Å². The molecule has 1 aromatic carbocycles. The third-order valence-corrected chi connectivity index (χ3v) is 6.08. The number of anilines is 2. The number of carbonyl (C=O) groups excluding carboxylic acids is 1. The third kappa shape index (κ3) is 3.02. The van der Waals surface area contributed by atoms with Crippen molar-refractivity contribution in [2.75, 3.05) is 36.5 Å². The molecule has 7 heteroatoms. The van der Waals surface area contributed by atoms with E-state index in [0.29, 0.717) is 0 Å². The first-order valence-electron chi connectivity index (χ1n) is 7.79. The van der Waals surface area contributed by atoms with Gasteiger partial charge in [-0.2, -0.15) is 0 Å². The predicted molar refractivity (Wildman–Crippen MR) is 99.7 cm³/mol. The summed E-state index contributed by atoms with van der Waals surface area (Å²) in [5.41, 5.74) is 2.77. The van der Waals surface area contributed by atoms with Crippen molar-refractivity contribution in [3.8, 4) is 0 Å². The lowest BCUT2D eigenvalue weighted by Crippen LogP contribution is -2.36. The molecule has 0 atom stereocenters. The van der Waals surface area contributed by atoms with Crippen LogP contribution in [0.15, 0.2) is 29.6 Å². The van der Waals surface area contributed by atoms with Crippen LogP contribution in [0.4, 0.5) is 10.8 Å². The number of hydrogen-bond donors (Lipinski definition) is 1.